The van der Waals surface area contributed by atoms with Crippen LogP contribution in [0.3, 0.4) is 0 Å². The third-order valence-electron chi connectivity index (χ3n) is 7.10. The van der Waals surface area contributed by atoms with Crippen LogP contribution < -0.4 is 15.6 Å². The van der Waals surface area contributed by atoms with E-state index in [2.05, 4.69) is 20.7 Å². The van der Waals surface area contributed by atoms with Gasteiger partial charge in [0.1, 0.15) is 16.2 Å². The molecule has 224 valence electrons. The Morgan fingerprint density at radius 3 is 2.53 bits per heavy atom. The van der Waals surface area contributed by atoms with Gasteiger partial charge in [-0.25, -0.2) is 18.4 Å². The third kappa shape index (κ3) is 6.62. The molecule has 3 aromatic rings. The molecule has 2 unspecified atom stereocenters. The fraction of sp³-hybridized carbons (Fsp3) is 0.259. The van der Waals surface area contributed by atoms with Crippen molar-refractivity contribution in [3.05, 3.63) is 86.0 Å². The summed E-state index contributed by atoms with van der Waals surface area (Å²) < 4.78 is 36.1. The van der Waals surface area contributed by atoms with Crippen molar-refractivity contribution in [3.8, 4) is 0 Å². The SMILES string of the molecule is CC(NC(=O)c1cc(Cl)ccc1NC(=O)C1CC(c2cc([N+](=O)[O-])ccc2S(=O)(=O)[O-])=NN1c1ncccc1Cl)C1CC1. The molecule has 2 aliphatic rings. The summed E-state index contributed by atoms with van der Waals surface area (Å²) in [5, 5.41) is 23.0. The lowest BCUT2D eigenvalue weighted by atomic mass is 10.0. The van der Waals surface area contributed by atoms with Gasteiger partial charge in [0.15, 0.2) is 5.82 Å². The maximum absolute atomic E-state index is 13.8. The van der Waals surface area contributed by atoms with Gasteiger partial charge >= 0.3 is 0 Å². The lowest BCUT2D eigenvalue weighted by Gasteiger charge is -2.23. The molecule has 43 heavy (non-hydrogen) atoms. The van der Waals surface area contributed by atoms with Crippen LogP contribution in [0.15, 0.2) is 64.7 Å². The molecule has 2 heterocycles. The first-order valence-corrected chi connectivity index (χ1v) is 15.1. The molecule has 2 N–H and O–H groups in total. The molecule has 1 aromatic heterocycles. The van der Waals surface area contributed by atoms with Crippen LogP contribution in [0.4, 0.5) is 17.2 Å². The van der Waals surface area contributed by atoms with Gasteiger partial charge < -0.3 is 15.2 Å². The van der Waals surface area contributed by atoms with Crippen LogP contribution in [0.25, 0.3) is 0 Å². The monoisotopic (exact) mass is 645 g/mol. The summed E-state index contributed by atoms with van der Waals surface area (Å²) in [6.45, 7) is 1.90. The first-order chi connectivity index (χ1) is 20.3. The van der Waals surface area contributed by atoms with Crippen molar-refractivity contribution in [3.63, 3.8) is 0 Å². The molecule has 5 rings (SSSR count). The quantitative estimate of drug-likeness (QED) is 0.194. The Hall–Kier alpha value is -4.11. The van der Waals surface area contributed by atoms with Crippen molar-refractivity contribution in [2.45, 2.75) is 43.2 Å². The van der Waals surface area contributed by atoms with E-state index in [1.165, 1.54) is 30.5 Å². The Morgan fingerprint density at radius 2 is 1.88 bits per heavy atom. The molecule has 13 nitrogen and oxygen atoms in total. The highest BCUT2D eigenvalue weighted by atomic mass is 35.5. The Kier molecular flexibility index (Phi) is 8.38. The second-order valence-corrected chi connectivity index (χ2v) is 12.3. The number of nitro benzene ring substituents is 1. The molecule has 0 radical (unpaired) electrons. The van der Waals surface area contributed by atoms with Crippen molar-refractivity contribution in [1.29, 1.82) is 0 Å². The molecule has 2 aromatic carbocycles. The number of amides is 2. The van der Waals surface area contributed by atoms with Crippen molar-refractivity contribution in [1.82, 2.24) is 10.3 Å². The number of hydrogen-bond donors (Lipinski definition) is 2. The Balaban J connectivity index is 1.52. The molecule has 1 fully saturated rings. The summed E-state index contributed by atoms with van der Waals surface area (Å²) in [7, 11) is -5.09. The number of carbonyl (C=O) groups is 2. The average molecular weight is 646 g/mol. The van der Waals surface area contributed by atoms with Crippen LogP contribution in [0.2, 0.25) is 10.0 Å². The van der Waals surface area contributed by atoms with Crippen molar-refractivity contribution in [2.24, 2.45) is 11.0 Å². The zero-order valence-corrected chi connectivity index (χ0v) is 24.7. The van der Waals surface area contributed by atoms with E-state index in [9.17, 15) is 32.7 Å². The summed E-state index contributed by atoms with van der Waals surface area (Å²) >= 11 is 12.5. The number of hydrazone groups is 1. The van der Waals surface area contributed by atoms with E-state index < -0.39 is 43.5 Å². The van der Waals surface area contributed by atoms with Gasteiger partial charge in [-0.1, -0.05) is 23.2 Å². The predicted octanol–water partition coefficient (Wildman–Crippen LogP) is 4.35. The normalized spacial score (nSPS) is 17.3. The fourth-order valence-electron chi connectivity index (χ4n) is 4.72. The second-order valence-electron chi connectivity index (χ2n) is 10.1. The van der Waals surface area contributed by atoms with E-state index >= 15 is 0 Å². The van der Waals surface area contributed by atoms with Gasteiger partial charge in [0.25, 0.3) is 11.6 Å². The standard InChI is InChI=1S/C27H24Cl2N6O7S/c1-14(15-4-5-15)31-26(36)19-11-16(28)6-8-21(19)32-27(37)23-13-22(33-34(23)25-20(29)3-2-10-30-25)18-12-17(35(38)39)7-9-24(18)43(40,41)42/h2-3,6-12,14-15,23H,4-5,13H2,1H3,(H,31,36)(H,32,37)(H,40,41,42)/p-1. The molecular weight excluding hydrogens is 623 g/mol. The lowest BCUT2D eigenvalue weighted by molar-refractivity contribution is -0.384. The number of nitrogens with zero attached hydrogens (tertiary/aromatic N) is 4. The van der Waals surface area contributed by atoms with Gasteiger partial charge in [-0.2, -0.15) is 5.10 Å². The number of carbonyl (C=O) groups excluding carboxylic acids is 2. The topological polar surface area (TPSA) is 187 Å². The molecule has 0 spiro atoms. The fourth-order valence-corrected chi connectivity index (χ4v) is 5.78. The molecule has 1 saturated carbocycles. The van der Waals surface area contributed by atoms with Gasteiger partial charge in [-0.05, 0) is 62.1 Å². The molecule has 0 bridgehead atoms. The lowest BCUT2D eigenvalue weighted by Crippen LogP contribution is -2.40. The van der Waals surface area contributed by atoms with E-state index in [1.807, 2.05) is 6.92 Å². The highest BCUT2D eigenvalue weighted by Crippen LogP contribution is 2.35. The van der Waals surface area contributed by atoms with Gasteiger partial charge in [0.05, 0.1) is 31.8 Å². The summed E-state index contributed by atoms with van der Waals surface area (Å²) in [5.41, 5.74) is -0.663. The van der Waals surface area contributed by atoms with Gasteiger partial charge in [0, 0.05) is 41.4 Å². The molecule has 1 aliphatic heterocycles. The van der Waals surface area contributed by atoms with Gasteiger partial charge in [-0.3, -0.25) is 19.7 Å². The highest BCUT2D eigenvalue weighted by molar-refractivity contribution is 7.85. The maximum Gasteiger partial charge on any atom is 0.270 e. The van der Waals surface area contributed by atoms with Crippen LogP contribution >= 0.6 is 23.2 Å². The summed E-state index contributed by atoms with van der Waals surface area (Å²) in [5.74, 6) is -0.719. The number of nitrogens with one attached hydrogen (secondary N) is 2. The summed E-state index contributed by atoms with van der Waals surface area (Å²) in [4.78, 5) is 41.1. The zero-order chi connectivity index (χ0) is 31.1. The zero-order valence-electron chi connectivity index (χ0n) is 22.4. The first kappa shape index (κ1) is 30.4. The number of rotatable bonds is 9. The number of aromatic nitrogens is 1. The van der Waals surface area contributed by atoms with Gasteiger partial charge in [-0.15, -0.1) is 0 Å². The Labute approximate surface area is 255 Å². The highest BCUT2D eigenvalue weighted by Gasteiger charge is 2.38. The summed E-state index contributed by atoms with van der Waals surface area (Å²) in [6, 6.07) is 8.75. The van der Waals surface area contributed by atoms with Crippen molar-refractivity contribution in [2.75, 3.05) is 10.3 Å². The van der Waals surface area contributed by atoms with E-state index in [1.54, 1.807) is 6.07 Å². The minimum absolute atomic E-state index is 0.0311. The maximum atomic E-state index is 13.8. The molecular formula is C27H23Cl2N6O7S-. The molecule has 16 heteroatoms. The van der Waals surface area contributed by atoms with Crippen LogP contribution in [-0.2, 0) is 14.9 Å². The number of nitro groups is 1. The predicted molar refractivity (Wildman–Crippen MR) is 157 cm³/mol. The smallest absolute Gasteiger partial charge is 0.270 e. The summed E-state index contributed by atoms with van der Waals surface area (Å²) in [6.07, 6.45) is 3.12. The second kappa shape index (κ2) is 11.9. The van der Waals surface area contributed by atoms with Crippen molar-refractivity contribution >= 4 is 68.0 Å². The van der Waals surface area contributed by atoms with Crippen LogP contribution in [0.1, 0.15) is 42.1 Å². The Morgan fingerprint density at radius 1 is 1.14 bits per heavy atom. The first-order valence-electron chi connectivity index (χ1n) is 13.0. The van der Waals surface area contributed by atoms with Crippen molar-refractivity contribution < 1.29 is 27.5 Å². The number of non-ortho nitro benzene ring substituents is 1. The molecule has 1 aliphatic carbocycles. The van der Waals surface area contributed by atoms with Crippen LogP contribution in [0.5, 0.6) is 0 Å². The minimum atomic E-state index is -5.09. The van der Waals surface area contributed by atoms with E-state index in [4.69, 9.17) is 23.2 Å². The molecule has 2 amide bonds. The van der Waals surface area contributed by atoms with E-state index in [0.29, 0.717) is 5.92 Å². The molecule has 0 saturated heterocycles. The van der Waals surface area contributed by atoms with E-state index in [-0.39, 0.29) is 50.9 Å². The van der Waals surface area contributed by atoms with Gasteiger partial charge in [0.2, 0.25) is 5.91 Å². The number of benzene rings is 2. The third-order valence-corrected chi connectivity index (χ3v) is 8.52. The van der Waals surface area contributed by atoms with E-state index in [0.717, 1.165) is 36.0 Å². The van der Waals surface area contributed by atoms with Crippen LogP contribution in [-0.4, -0.2) is 52.5 Å². The number of pyridine rings is 1. The Bertz CT molecular complexity index is 1780. The minimum Gasteiger partial charge on any atom is -0.744 e. The number of hydrogen-bond acceptors (Lipinski definition) is 10. The number of halogens is 2. The average Bonchev–Trinajstić information content (AvgIpc) is 3.72. The largest absolute Gasteiger partial charge is 0.744 e. The number of anilines is 2. The molecule has 2 atom stereocenters. The van der Waals surface area contributed by atoms with Crippen LogP contribution in [0, 0.1) is 16.0 Å².